The van der Waals surface area contributed by atoms with Gasteiger partial charge in [-0.25, -0.2) is 18.6 Å². The molecule has 0 saturated heterocycles. The van der Waals surface area contributed by atoms with E-state index >= 15 is 0 Å². The molecule has 0 fully saturated rings. The van der Waals surface area contributed by atoms with Crippen molar-refractivity contribution < 1.29 is 41.1 Å². The Balaban J connectivity index is 2.15. The number of methoxy groups -OCH3 is 1. The van der Waals surface area contributed by atoms with Crippen molar-refractivity contribution in [1.82, 2.24) is 20.7 Å². The third kappa shape index (κ3) is 7.10. The van der Waals surface area contributed by atoms with Crippen molar-refractivity contribution in [2.75, 3.05) is 13.7 Å². The number of ketones is 1. The number of rotatable bonds is 7. The van der Waals surface area contributed by atoms with Gasteiger partial charge in [0.05, 0.1) is 31.3 Å². The Bertz CT molecular complexity index is 1190. The molecule has 0 bridgehead atoms. The zero-order valence-electron chi connectivity index (χ0n) is 18.7. The molecule has 0 aliphatic rings. The number of hydrogen-bond donors (Lipinski definition) is 3. The number of carbonyl (C=O) groups is 3. The maximum absolute atomic E-state index is 14.6. The summed E-state index contributed by atoms with van der Waals surface area (Å²) in [5, 5.41) is 9.84. The molecule has 2 rings (SSSR count). The Kier molecular flexibility index (Phi) is 9.28. The van der Waals surface area contributed by atoms with E-state index in [9.17, 15) is 36.3 Å². The zero-order valence-corrected chi connectivity index (χ0v) is 19.5. The molecule has 1 aromatic heterocycles. The summed E-state index contributed by atoms with van der Waals surface area (Å²) < 4.78 is 73.0. The molecule has 2 aromatic rings. The normalized spacial score (nSPS) is 11.0. The van der Waals surface area contributed by atoms with Crippen LogP contribution >= 0.6 is 11.6 Å². The van der Waals surface area contributed by atoms with Crippen molar-refractivity contribution in [2.24, 2.45) is 0 Å². The van der Waals surface area contributed by atoms with E-state index in [0.717, 1.165) is 19.4 Å². The Hall–Kier alpha value is -3.81. The maximum Gasteiger partial charge on any atom is 0.419 e. The van der Waals surface area contributed by atoms with Gasteiger partial charge in [0.2, 0.25) is 5.78 Å². The fourth-order valence-corrected chi connectivity index (χ4v) is 3.05. The molecule has 0 radical (unpaired) electrons. The van der Waals surface area contributed by atoms with Crippen LogP contribution in [0, 0.1) is 17.0 Å². The highest BCUT2D eigenvalue weighted by Gasteiger charge is 2.37. The molecule has 1 aromatic carbocycles. The summed E-state index contributed by atoms with van der Waals surface area (Å²) in [5.41, 5.74) is -1.13. The van der Waals surface area contributed by atoms with Gasteiger partial charge >= 0.3 is 18.1 Å². The minimum absolute atomic E-state index is 0.109. The highest BCUT2D eigenvalue weighted by Crippen LogP contribution is 2.40. The minimum atomic E-state index is -5.09. The Labute approximate surface area is 206 Å². The Morgan fingerprint density at radius 3 is 2.39 bits per heavy atom. The first-order chi connectivity index (χ1) is 16.8. The van der Waals surface area contributed by atoms with Gasteiger partial charge in [-0.15, -0.1) is 0 Å². The van der Waals surface area contributed by atoms with Crippen LogP contribution in [0.4, 0.5) is 26.7 Å². The lowest BCUT2D eigenvalue weighted by molar-refractivity contribution is -0.139. The molecule has 3 amide bonds. The van der Waals surface area contributed by atoms with Crippen LogP contribution in [-0.4, -0.2) is 47.3 Å². The van der Waals surface area contributed by atoms with E-state index in [2.05, 4.69) is 15.0 Å². The predicted molar refractivity (Wildman–Crippen MR) is 117 cm³/mol. The lowest BCUT2D eigenvalue weighted by Gasteiger charge is -2.21. The van der Waals surface area contributed by atoms with Crippen LogP contribution < -0.4 is 10.7 Å². The number of benzene rings is 1. The van der Waals surface area contributed by atoms with Crippen LogP contribution in [0.2, 0.25) is 5.02 Å². The zero-order chi connectivity index (χ0) is 27.2. The number of pyridine rings is 1. The number of halogens is 6. The molecule has 0 saturated carbocycles. The van der Waals surface area contributed by atoms with E-state index in [0.29, 0.717) is 17.1 Å². The summed E-state index contributed by atoms with van der Waals surface area (Å²) in [6.45, 7) is 0.801. The number of urea groups is 1. The summed E-state index contributed by atoms with van der Waals surface area (Å²) in [4.78, 5) is 39.6. The molecule has 0 unspecified atom stereocenters. The van der Waals surface area contributed by atoms with Crippen LogP contribution in [-0.2, 0) is 27.0 Å². The fraction of sp³-hybridized carbons (Fsp3) is 0.286. The van der Waals surface area contributed by atoms with Crippen molar-refractivity contribution in [1.29, 1.82) is 5.41 Å². The lowest BCUT2D eigenvalue weighted by atomic mass is 9.99. The van der Waals surface area contributed by atoms with Gasteiger partial charge in [0.15, 0.2) is 5.90 Å². The molecule has 0 aliphatic heterocycles. The number of hydrogen-bond acceptors (Lipinski definition) is 6. The molecule has 1 heterocycles. The lowest BCUT2D eigenvalue weighted by Crippen LogP contribution is -2.52. The van der Waals surface area contributed by atoms with Crippen LogP contribution in [0.5, 0.6) is 0 Å². The predicted octanol–water partition coefficient (Wildman–Crippen LogP) is 3.84. The first-order valence-corrected chi connectivity index (χ1v) is 10.4. The number of ether oxygens (including phenoxy) is 1. The van der Waals surface area contributed by atoms with Crippen molar-refractivity contribution in [2.45, 2.75) is 26.1 Å². The van der Waals surface area contributed by atoms with Crippen molar-refractivity contribution in [3.63, 3.8) is 0 Å². The van der Waals surface area contributed by atoms with Crippen LogP contribution in [0.15, 0.2) is 24.4 Å². The third-order valence-corrected chi connectivity index (χ3v) is 4.81. The molecule has 0 atom stereocenters. The number of nitrogens with one attached hydrogen (secondary N) is 3. The number of alkyl halides is 3. The largest absolute Gasteiger partial charge is 0.484 e. The van der Waals surface area contributed by atoms with E-state index < -0.39 is 71.1 Å². The number of nitrogens with zero attached hydrogens (tertiary/aromatic N) is 2. The van der Waals surface area contributed by atoms with Gasteiger partial charge < -0.3 is 10.1 Å². The van der Waals surface area contributed by atoms with Gasteiger partial charge in [0, 0.05) is 23.3 Å². The van der Waals surface area contributed by atoms with Crippen LogP contribution in [0.1, 0.15) is 24.6 Å². The monoisotopic (exact) mass is 535 g/mol. The topological polar surface area (TPSA) is 124 Å². The van der Waals surface area contributed by atoms with E-state index in [-0.39, 0.29) is 17.3 Å². The number of Topliss-reactive ketones (excluding diaryl/α,β-unsaturated/α-hetero) is 1. The smallest absolute Gasteiger partial charge is 0.419 e. The SMILES string of the molecule is CCN(NC(=O)C(=O)CC(=N)OC)C(=O)NCc1ncc(-c2cc(Cl)cc(F)c2C(F)(F)F)cc1F. The third-order valence-electron chi connectivity index (χ3n) is 4.59. The van der Waals surface area contributed by atoms with Crippen molar-refractivity contribution in [3.05, 3.63) is 52.3 Å². The Morgan fingerprint density at radius 1 is 1.17 bits per heavy atom. The van der Waals surface area contributed by atoms with E-state index in [1.165, 1.54) is 6.92 Å². The molecule has 9 nitrogen and oxygen atoms in total. The standard InChI is InChI=1S/C21H19ClF5N5O4/c1-3-32(31-19(34)16(33)7-17(28)36-2)20(35)30-9-15-13(23)4-10(8-29-15)12-5-11(22)6-14(24)18(12)21(25,26)27/h4-6,8,28H,3,7,9H2,1-2H3,(H,30,35)(H,31,34). The van der Waals surface area contributed by atoms with Gasteiger partial charge in [-0.3, -0.25) is 25.4 Å². The Morgan fingerprint density at radius 2 is 1.83 bits per heavy atom. The van der Waals surface area contributed by atoms with Crippen molar-refractivity contribution in [3.8, 4) is 11.1 Å². The van der Waals surface area contributed by atoms with Gasteiger partial charge in [-0.05, 0) is 30.7 Å². The van der Waals surface area contributed by atoms with E-state index in [1.54, 1.807) is 0 Å². The summed E-state index contributed by atoms with van der Waals surface area (Å²) in [6.07, 6.45) is -4.87. The molecule has 194 valence electrons. The van der Waals surface area contributed by atoms with Crippen LogP contribution in [0.25, 0.3) is 11.1 Å². The highest BCUT2D eigenvalue weighted by atomic mass is 35.5. The maximum atomic E-state index is 14.6. The van der Waals surface area contributed by atoms with Crippen LogP contribution in [0.3, 0.4) is 0 Å². The van der Waals surface area contributed by atoms with Gasteiger partial charge in [-0.2, -0.15) is 13.2 Å². The molecular weight excluding hydrogens is 517 g/mol. The first-order valence-electron chi connectivity index (χ1n) is 10.00. The van der Waals surface area contributed by atoms with Crippen molar-refractivity contribution >= 4 is 35.2 Å². The average Bonchev–Trinajstić information content (AvgIpc) is 2.79. The second-order valence-electron chi connectivity index (χ2n) is 7.03. The van der Waals surface area contributed by atoms with Gasteiger partial charge in [0.25, 0.3) is 0 Å². The molecule has 15 heteroatoms. The van der Waals surface area contributed by atoms with E-state index in [1.807, 2.05) is 5.43 Å². The molecule has 3 N–H and O–H groups in total. The quantitative estimate of drug-likeness (QED) is 0.163. The summed E-state index contributed by atoms with van der Waals surface area (Å²) >= 11 is 5.67. The number of aromatic nitrogens is 1. The molecule has 36 heavy (non-hydrogen) atoms. The number of hydrazine groups is 1. The minimum Gasteiger partial charge on any atom is -0.484 e. The number of carbonyl (C=O) groups excluding carboxylic acids is 3. The first kappa shape index (κ1) is 28.4. The number of amides is 3. The summed E-state index contributed by atoms with van der Waals surface area (Å²) in [7, 11) is 1.14. The average molecular weight is 536 g/mol. The second-order valence-corrected chi connectivity index (χ2v) is 7.47. The summed E-state index contributed by atoms with van der Waals surface area (Å²) in [6, 6.07) is 1.02. The van der Waals surface area contributed by atoms with Gasteiger partial charge in [0.1, 0.15) is 11.6 Å². The molecule has 0 aliphatic carbocycles. The molecular formula is C21H19ClF5N5O4. The second kappa shape index (κ2) is 11.7. The van der Waals surface area contributed by atoms with E-state index in [4.69, 9.17) is 17.0 Å². The fourth-order valence-electron chi connectivity index (χ4n) is 2.84. The summed E-state index contributed by atoms with van der Waals surface area (Å²) in [5.74, 6) is -5.46. The van der Waals surface area contributed by atoms with Gasteiger partial charge in [-0.1, -0.05) is 11.6 Å². The highest BCUT2D eigenvalue weighted by molar-refractivity contribution is 6.39. The molecule has 0 spiro atoms.